The lowest BCUT2D eigenvalue weighted by Gasteiger charge is -2.23. The molecule has 0 spiro atoms. The average molecular weight is 504 g/mol. The summed E-state index contributed by atoms with van der Waals surface area (Å²) in [5, 5.41) is 23.9. The van der Waals surface area contributed by atoms with E-state index < -0.39 is 29.9 Å². The van der Waals surface area contributed by atoms with Gasteiger partial charge in [0.2, 0.25) is 0 Å². The Hall–Kier alpha value is -3.68. The van der Waals surface area contributed by atoms with Gasteiger partial charge in [-0.15, -0.1) is 0 Å². The van der Waals surface area contributed by atoms with E-state index in [0.29, 0.717) is 0 Å². The molecule has 2 unspecified atom stereocenters. The molecule has 0 radical (unpaired) electrons. The summed E-state index contributed by atoms with van der Waals surface area (Å²) in [5.41, 5.74) is 4.31. The van der Waals surface area contributed by atoms with E-state index in [2.05, 4.69) is 17.4 Å². The summed E-state index contributed by atoms with van der Waals surface area (Å²) in [7, 11) is 0. The topological polar surface area (TPSA) is 105 Å². The van der Waals surface area contributed by atoms with Crippen molar-refractivity contribution in [3.8, 4) is 11.1 Å². The molecule has 0 saturated carbocycles. The summed E-state index contributed by atoms with van der Waals surface area (Å²) < 4.78 is 10.9. The van der Waals surface area contributed by atoms with E-state index >= 15 is 0 Å². The van der Waals surface area contributed by atoms with E-state index in [1.165, 1.54) is 0 Å². The molecule has 1 aliphatic rings. The Morgan fingerprint density at radius 1 is 0.892 bits per heavy atom. The zero-order chi connectivity index (χ0) is 26.6. The Morgan fingerprint density at radius 2 is 1.46 bits per heavy atom. The Kier molecular flexibility index (Phi) is 7.95. The SMILES string of the molecule is CC(C)(C)OC(=O)c1ccccc1C(O)C(O)CCNC(=O)OCC1c2ccccc2-c2ccccc21. The summed E-state index contributed by atoms with van der Waals surface area (Å²) in [5.74, 6) is -0.624. The quantitative estimate of drug-likeness (QED) is 0.375. The van der Waals surface area contributed by atoms with Crippen molar-refractivity contribution in [2.24, 2.45) is 0 Å². The number of benzene rings is 3. The number of alkyl carbamates (subject to hydrolysis) is 1. The van der Waals surface area contributed by atoms with Crippen LogP contribution >= 0.6 is 0 Å². The van der Waals surface area contributed by atoms with Crippen LogP contribution in [0.5, 0.6) is 0 Å². The number of rotatable bonds is 8. The molecule has 1 amide bonds. The number of fused-ring (bicyclic) bond motifs is 3. The molecule has 0 aliphatic heterocycles. The van der Waals surface area contributed by atoms with Crippen LogP contribution in [0, 0.1) is 0 Å². The highest BCUT2D eigenvalue weighted by Gasteiger charge is 2.29. The third-order valence-electron chi connectivity index (χ3n) is 6.32. The van der Waals surface area contributed by atoms with Crippen LogP contribution in [0.2, 0.25) is 0 Å². The van der Waals surface area contributed by atoms with Gasteiger partial charge in [0.1, 0.15) is 18.3 Å². The smallest absolute Gasteiger partial charge is 0.407 e. The number of carbonyl (C=O) groups excluding carboxylic acids is 2. The summed E-state index contributed by atoms with van der Waals surface area (Å²) in [6, 6.07) is 22.7. The highest BCUT2D eigenvalue weighted by atomic mass is 16.6. The van der Waals surface area contributed by atoms with Crippen molar-refractivity contribution >= 4 is 12.1 Å². The van der Waals surface area contributed by atoms with Gasteiger partial charge in [0, 0.05) is 12.5 Å². The Labute approximate surface area is 217 Å². The lowest BCUT2D eigenvalue weighted by atomic mass is 9.97. The molecule has 37 heavy (non-hydrogen) atoms. The molecule has 1 aliphatic carbocycles. The molecule has 0 bridgehead atoms. The number of hydrogen-bond acceptors (Lipinski definition) is 6. The van der Waals surface area contributed by atoms with Crippen molar-refractivity contribution in [3.63, 3.8) is 0 Å². The van der Waals surface area contributed by atoms with Crippen molar-refractivity contribution in [2.45, 2.75) is 50.9 Å². The molecule has 3 N–H and O–H groups in total. The van der Waals surface area contributed by atoms with Crippen LogP contribution in [0.1, 0.15) is 66.3 Å². The number of nitrogens with one attached hydrogen (secondary N) is 1. The van der Waals surface area contributed by atoms with Gasteiger partial charge in [-0.05, 0) is 61.1 Å². The molecule has 7 nitrogen and oxygen atoms in total. The highest BCUT2D eigenvalue weighted by molar-refractivity contribution is 5.91. The van der Waals surface area contributed by atoms with Crippen molar-refractivity contribution in [2.75, 3.05) is 13.2 Å². The van der Waals surface area contributed by atoms with Gasteiger partial charge in [-0.1, -0.05) is 66.7 Å². The number of hydrogen-bond donors (Lipinski definition) is 3. The fourth-order valence-corrected chi connectivity index (χ4v) is 4.61. The largest absolute Gasteiger partial charge is 0.456 e. The number of aliphatic hydroxyl groups excluding tert-OH is 2. The Balaban J connectivity index is 1.30. The van der Waals surface area contributed by atoms with Gasteiger partial charge < -0.3 is 25.0 Å². The minimum atomic E-state index is -1.33. The van der Waals surface area contributed by atoms with Crippen molar-refractivity contribution in [3.05, 3.63) is 95.1 Å². The monoisotopic (exact) mass is 503 g/mol. The summed E-state index contributed by atoms with van der Waals surface area (Å²) in [6.45, 7) is 5.55. The average Bonchev–Trinajstić information content (AvgIpc) is 3.19. The van der Waals surface area contributed by atoms with Crippen molar-refractivity contribution < 1.29 is 29.3 Å². The molecule has 194 valence electrons. The number of aliphatic hydroxyl groups is 2. The van der Waals surface area contributed by atoms with Gasteiger partial charge >= 0.3 is 12.1 Å². The molecule has 2 atom stereocenters. The molecule has 4 rings (SSSR count). The summed E-state index contributed by atoms with van der Waals surface area (Å²) >= 11 is 0. The predicted octanol–water partition coefficient (Wildman–Crippen LogP) is 4.97. The Bertz CT molecular complexity index is 1220. The van der Waals surface area contributed by atoms with E-state index in [1.54, 1.807) is 45.0 Å². The molecule has 0 heterocycles. The number of ether oxygens (including phenoxy) is 2. The highest BCUT2D eigenvalue weighted by Crippen LogP contribution is 2.44. The molecule has 3 aromatic carbocycles. The lowest BCUT2D eigenvalue weighted by Crippen LogP contribution is -2.31. The number of amides is 1. The first kappa shape index (κ1) is 26.4. The van der Waals surface area contributed by atoms with Crippen LogP contribution in [0.15, 0.2) is 72.8 Å². The van der Waals surface area contributed by atoms with Gasteiger partial charge in [-0.3, -0.25) is 0 Å². The molecule has 3 aromatic rings. The van der Waals surface area contributed by atoms with E-state index in [1.807, 2.05) is 36.4 Å². The van der Waals surface area contributed by atoms with Gasteiger partial charge in [-0.2, -0.15) is 0 Å². The predicted molar refractivity (Wildman–Crippen MR) is 140 cm³/mol. The molecular weight excluding hydrogens is 470 g/mol. The molecule has 0 aromatic heterocycles. The zero-order valence-corrected chi connectivity index (χ0v) is 21.3. The lowest BCUT2D eigenvalue weighted by molar-refractivity contribution is 0.00221. The number of carbonyl (C=O) groups is 2. The van der Waals surface area contributed by atoms with Crippen LogP contribution in [0.25, 0.3) is 11.1 Å². The third kappa shape index (κ3) is 6.18. The maximum atomic E-state index is 12.6. The fourth-order valence-electron chi connectivity index (χ4n) is 4.61. The van der Waals surface area contributed by atoms with Crippen LogP contribution in [-0.2, 0) is 9.47 Å². The maximum absolute atomic E-state index is 12.6. The molecular formula is C30H33NO6. The minimum Gasteiger partial charge on any atom is -0.456 e. The van der Waals surface area contributed by atoms with Crippen LogP contribution in [-0.4, -0.2) is 47.1 Å². The van der Waals surface area contributed by atoms with Gasteiger partial charge in [0.25, 0.3) is 0 Å². The maximum Gasteiger partial charge on any atom is 0.407 e. The van der Waals surface area contributed by atoms with Crippen LogP contribution < -0.4 is 5.32 Å². The second kappa shape index (κ2) is 11.2. The Morgan fingerprint density at radius 3 is 2.08 bits per heavy atom. The second-order valence-corrected chi connectivity index (χ2v) is 10.1. The first-order valence-electron chi connectivity index (χ1n) is 12.4. The van der Waals surface area contributed by atoms with E-state index in [0.717, 1.165) is 22.3 Å². The first-order chi connectivity index (χ1) is 17.7. The summed E-state index contributed by atoms with van der Waals surface area (Å²) in [4.78, 5) is 24.9. The van der Waals surface area contributed by atoms with Crippen LogP contribution in [0.4, 0.5) is 4.79 Å². The van der Waals surface area contributed by atoms with E-state index in [9.17, 15) is 19.8 Å². The zero-order valence-electron chi connectivity index (χ0n) is 21.3. The van der Waals surface area contributed by atoms with Crippen LogP contribution in [0.3, 0.4) is 0 Å². The van der Waals surface area contributed by atoms with Gasteiger partial charge in [0.15, 0.2) is 0 Å². The minimum absolute atomic E-state index is 0.0464. The molecule has 0 fully saturated rings. The van der Waals surface area contributed by atoms with Gasteiger partial charge in [-0.25, -0.2) is 9.59 Å². The number of esters is 1. The van der Waals surface area contributed by atoms with E-state index in [4.69, 9.17) is 9.47 Å². The second-order valence-electron chi connectivity index (χ2n) is 10.1. The van der Waals surface area contributed by atoms with Crippen molar-refractivity contribution in [1.29, 1.82) is 0 Å². The summed E-state index contributed by atoms with van der Waals surface area (Å²) in [6.07, 6.45) is -3.07. The van der Waals surface area contributed by atoms with Gasteiger partial charge in [0.05, 0.1) is 11.7 Å². The molecule has 7 heteroatoms. The normalized spacial score (nSPS) is 14.3. The first-order valence-corrected chi connectivity index (χ1v) is 12.4. The van der Waals surface area contributed by atoms with E-state index in [-0.39, 0.29) is 36.6 Å². The molecule has 0 saturated heterocycles. The van der Waals surface area contributed by atoms with Crippen molar-refractivity contribution in [1.82, 2.24) is 5.32 Å². The third-order valence-corrected chi connectivity index (χ3v) is 6.32. The standard InChI is InChI=1S/C30H33NO6/c1-30(2,3)37-28(34)24-15-9-8-14-23(24)27(33)26(32)16-17-31-29(35)36-18-25-21-12-6-4-10-19(21)20-11-5-7-13-22(20)25/h4-15,25-27,32-33H,16-18H2,1-3H3,(H,31,35). The fraction of sp³-hybridized carbons (Fsp3) is 0.333.